The van der Waals surface area contributed by atoms with Gasteiger partial charge in [-0.25, -0.2) is 0 Å². The lowest BCUT2D eigenvalue weighted by Crippen LogP contribution is -3.00. The van der Waals surface area contributed by atoms with Gasteiger partial charge in [-0.2, -0.15) is 0 Å². The molecule has 0 N–H and O–H groups in total. The van der Waals surface area contributed by atoms with Crippen molar-refractivity contribution >= 4 is 18.9 Å². The molecule has 0 amide bonds. The van der Waals surface area contributed by atoms with Gasteiger partial charge in [-0.15, -0.1) is 11.6 Å². The first-order valence-electron chi connectivity index (χ1n) is 9.21. The summed E-state index contributed by atoms with van der Waals surface area (Å²) in [6, 6.07) is 11.2. The van der Waals surface area contributed by atoms with Crippen LogP contribution in [-0.2, 0) is 6.16 Å². The highest BCUT2D eigenvalue weighted by molar-refractivity contribution is 7.75. The van der Waals surface area contributed by atoms with Crippen molar-refractivity contribution in [1.82, 2.24) is 0 Å². The molecule has 134 valence electrons. The fourth-order valence-corrected chi connectivity index (χ4v) is 8.44. The van der Waals surface area contributed by atoms with E-state index in [4.69, 9.17) is 11.6 Å². The van der Waals surface area contributed by atoms with E-state index >= 15 is 0 Å². The summed E-state index contributed by atoms with van der Waals surface area (Å²) in [6.45, 7) is 4.68. The summed E-state index contributed by atoms with van der Waals surface area (Å²) < 4.78 is 0. The van der Waals surface area contributed by atoms with Crippen molar-refractivity contribution in [2.75, 3.05) is 24.4 Å². The number of benzene rings is 1. The van der Waals surface area contributed by atoms with E-state index in [2.05, 4.69) is 44.2 Å². The number of unbranched alkanes of at least 4 members (excludes halogenated alkanes) is 4. The van der Waals surface area contributed by atoms with Crippen LogP contribution in [0.5, 0.6) is 0 Å². The van der Waals surface area contributed by atoms with E-state index in [-0.39, 0.29) is 12.4 Å². The summed E-state index contributed by atoms with van der Waals surface area (Å²) in [4.78, 5) is 0. The lowest BCUT2D eigenvalue weighted by Gasteiger charge is -2.28. The third kappa shape index (κ3) is 9.96. The van der Waals surface area contributed by atoms with Gasteiger partial charge in [0.05, 0.1) is 24.6 Å². The third-order valence-corrected chi connectivity index (χ3v) is 9.70. The molecule has 1 aromatic rings. The van der Waals surface area contributed by atoms with Gasteiger partial charge in [-0.3, -0.25) is 0 Å². The summed E-state index contributed by atoms with van der Waals surface area (Å²) in [5.74, 6) is 0.827. The minimum atomic E-state index is -0.834. The van der Waals surface area contributed by atoms with Gasteiger partial charge in [-0.05, 0) is 37.7 Å². The zero-order valence-corrected chi connectivity index (χ0v) is 17.5. The molecule has 0 heterocycles. The summed E-state index contributed by atoms with van der Waals surface area (Å²) in [7, 11) is -0.834. The van der Waals surface area contributed by atoms with Gasteiger partial charge in [0.15, 0.2) is 0 Å². The highest BCUT2D eigenvalue weighted by Gasteiger charge is 2.35. The van der Waals surface area contributed by atoms with Crippen LogP contribution in [0.3, 0.4) is 0 Å². The Morgan fingerprint density at radius 2 is 1.35 bits per heavy atom. The van der Waals surface area contributed by atoms with Crippen LogP contribution in [0.25, 0.3) is 0 Å². The molecule has 0 aliphatic heterocycles. The van der Waals surface area contributed by atoms with E-state index < -0.39 is 7.26 Å². The quantitative estimate of drug-likeness (QED) is 0.274. The lowest BCUT2D eigenvalue weighted by atomic mass is 10.2. The second kappa shape index (κ2) is 14.6. The minimum absolute atomic E-state index is 0. The van der Waals surface area contributed by atoms with Crippen molar-refractivity contribution in [2.24, 2.45) is 0 Å². The van der Waals surface area contributed by atoms with E-state index in [1.165, 1.54) is 69.6 Å². The average Bonchev–Trinajstić information content (AvgIpc) is 2.56. The molecule has 3 heteroatoms. The first kappa shape index (κ1) is 23.2. The van der Waals surface area contributed by atoms with E-state index in [0.29, 0.717) is 0 Å². The fourth-order valence-electron chi connectivity index (χ4n) is 3.25. The van der Waals surface area contributed by atoms with Crippen LogP contribution in [0.2, 0.25) is 0 Å². The largest absolute Gasteiger partial charge is 1.00 e. The van der Waals surface area contributed by atoms with Gasteiger partial charge in [-0.1, -0.05) is 57.0 Å². The van der Waals surface area contributed by atoms with Crippen molar-refractivity contribution in [3.05, 3.63) is 35.9 Å². The molecular weight excluding hydrogens is 342 g/mol. The summed E-state index contributed by atoms with van der Waals surface area (Å²) in [5, 5.41) is 0. The average molecular weight is 377 g/mol. The van der Waals surface area contributed by atoms with Crippen LogP contribution >= 0.6 is 18.9 Å². The summed E-state index contributed by atoms with van der Waals surface area (Å²) in [6.07, 6.45) is 15.3. The van der Waals surface area contributed by atoms with Crippen molar-refractivity contribution in [3.63, 3.8) is 0 Å². The van der Waals surface area contributed by atoms with E-state index in [1.807, 2.05) is 0 Å². The third-order valence-electron chi connectivity index (χ3n) is 4.60. The van der Waals surface area contributed by atoms with Gasteiger partial charge in [0.25, 0.3) is 0 Å². The molecule has 0 saturated heterocycles. The smallest absolute Gasteiger partial charge is 0.0842 e. The molecule has 1 rings (SSSR count). The molecule has 0 bridgehead atoms. The van der Waals surface area contributed by atoms with Crippen LogP contribution < -0.4 is 12.4 Å². The zero-order chi connectivity index (χ0) is 16.1. The van der Waals surface area contributed by atoms with Gasteiger partial charge < -0.3 is 12.4 Å². The Kier molecular flexibility index (Phi) is 14.7. The van der Waals surface area contributed by atoms with E-state index in [0.717, 1.165) is 5.88 Å². The molecule has 0 aliphatic rings. The SMILES string of the molecule is CCCC[P+](CCCC)(CCCCCCl)Cc1ccccc1.[Cl-]. The van der Waals surface area contributed by atoms with Crippen LogP contribution in [0.4, 0.5) is 0 Å². The minimum Gasteiger partial charge on any atom is -1.00 e. The van der Waals surface area contributed by atoms with Crippen molar-refractivity contribution in [2.45, 2.75) is 65.0 Å². The zero-order valence-electron chi connectivity index (χ0n) is 15.1. The molecule has 0 aromatic heterocycles. The van der Waals surface area contributed by atoms with Crippen LogP contribution in [0, 0.1) is 0 Å². The molecule has 0 nitrogen and oxygen atoms in total. The van der Waals surface area contributed by atoms with Crippen LogP contribution in [0.15, 0.2) is 30.3 Å². The Morgan fingerprint density at radius 3 is 1.87 bits per heavy atom. The number of rotatable bonds is 13. The molecule has 0 atom stereocenters. The van der Waals surface area contributed by atoms with Crippen LogP contribution in [0.1, 0.15) is 64.4 Å². The van der Waals surface area contributed by atoms with Crippen LogP contribution in [-0.4, -0.2) is 24.4 Å². The lowest BCUT2D eigenvalue weighted by molar-refractivity contribution is -0.00000481. The predicted molar refractivity (Wildman–Crippen MR) is 106 cm³/mol. The normalized spacial score (nSPS) is 11.3. The highest BCUT2D eigenvalue weighted by Crippen LogP contribution is 2.63. The maximum absolute atomic E-state index is 5.86. The van der Waals surface area contributed by atoms with Gasteiger partial charge in [0, 0.05) is 13.1 Å². The molecule has 0 radical (unpaired) electrons. The standard InChI is InChI=1S/C20H35ClP.ClH/c1-3-5-16-22(17-6-4-2,18-12-8-11-15-21)19-20-13-9-7-10-14-20;/h7,9-10,13-14H,3-6,8,11-12,15-19H2,1-2H3;1H/q+1;/p-1. The molecule has 0 unspecified atom stereocenters. The second-order valence-electron chi connectivity index (χ2n) is 6.61. The van der Waals surface area contributed by atoms with Gasteiger partial charge in [0.1, 0.15) is 0 Å². The maximum Gasteiger partial charge on any atom is 0.0842 e. The van der Waals surface area contributed by atoms with Crippen molar-refractivity contribution in [3.8, 4) is 0 Å². The molecule has 1 aromatic carbocycles. The first-order valence-corrected chi connectivity index (χ1v) is 12.3. The molecule has 23 heavy (non-hydrogen) atoms. The van der Waals surface area contributed by atoms with Crippen molar-refractivity contribution < 1.29 is 12.4 Å². The first-order chi connectivity index (χ1) is 10.8. The molecule has 0 saturated carbocycles. The Hall–Kier alpha value is 0.230. The number of hydrogen-bond donors (Lipinski definition) is 0. The molecule has 0 aliphatic carbocycles. The number of halogens is 2. The van der Waals surface area contributed by atoms with E-state index in [9.17, 15) is 0 Å². The fraction of sp³-hybridized carbons (Fsp3) is 0.700. The predicted octanol–water partition coefficient (Wildman–Crippen LogP) is 4.22. The molecule has 0 spiro atoms. The van der Waals surface area contributed by atoms with Gasteiger partial charge >= 0.3 is 0 Å². The Labute approximate surface area is 156 Å². The Bertz CT molecular complexity index is 359. The van der Waals surface area contributed by atoms with Gasteiger partial charge in [0.2, 0.25) is 0 Å². The Morgan fingerprint density at radius 1 is 0.783 bits per heavy atom. The van der Waals surface area contributed by atoms with Crippen molar-refractivity contribution in [1.29, 1.82) is 0 Å². The Balaban J connectivity index is 0.00000484. The number of alkyl halides is 1. The maximum atomic E-state index is 5.86. The summed E-state index contributed by atoms with van der Waals surface area (Å²) >= 11 is 5.86. The van der Waals surface area contributed by atoms with E-state index in [1.54, 1.807) is 5.56 Å². The summed E-state index contributed by atoms with van der Waals surface area (Å²) in [5.41, 5.74) is 1.57. The molecular formula is C20H35Cl2P. The highest BCUT2D eigenvalue weighted by atomic mass is 35.5. The topological polar surface area (TPSA) is 0 Å². The molecule has 0 fully saturated rings. The second-order valence-corrected chi connectivity index (χ2v) is 11.3. The number of hydrogen-bond acceptors (Lipinski definition) is 0. The monoisotopic (exact) mass is 376 g/mol.